The molecule has 5 aliphatic heterocycles. The third-order valence-electron chi connectivity index (χ3n) is 18.6. The van der Waals surface area contributed by atoms with Crippen LogP contribution in [0.1, 0.15) is 97.7 Å². The number of piperazine rings is 1. The minimum atomic E-state index is -6.09. The molecule has 5 aromatic rings. The summed E-state index contributed by atoms with van der Waals surface area (Å²) in [5.74, 6) is -0.640. The van der Waals surface area contributed by atoms with Crippen LogP contribution in [-0.2, 0) is 40.6 Å². The molecule has 4 fully saturated rings. The van der Waals surface area contributed by atoms with E-state index in [0.29, 0.717) is 81.4 Å². The molecule has 1 aliphatic carbocycles. The number of fused-ring (bicyclic) bond motifs is 1. The van der Waals surface area contributed by atoms with Gasteiger partial charge < -0.3 is 29.7 Å². The molecule has 1 unspecified atom stereocenters. The highest BCUT2D eigenvalue weighted by molar-refractivity contribution is 7.99. The standard InChI is InChI=1S/C66H78ClF3N8O8S3/c1-65(45-76-29-23-46(24-30-76)50-9-8-48-25-32-78(60(48)40-50)59-20-21-62(79)72-64(59)81)27-22-57(47-10-14-52(67)15-11-47)51(42-65)43-75-33-35-77(36-34-75)54-16-12-49(13-17-54)63(80)73-89(84,85)56-18-19-58(61(41-56)88(82,83)66(68,69)70)71-53(44-87-55-6-3-2-4-7-55)26-31-74-28-5-38-86-39-37-74/h2-4,6-19,40-41,46,53,59,71H,5,20-39,42-45H2,1H3,(H,73,80)(H,72,79,81)/t53-,59?,65-/m1/s1. The van der Waals surface area contributed by atoms with Crippen molar-refractivity contribution in [3.05, 3.63) is 148 Å². The summed E-state index contributed by atoms with van der Waals surface area (Å²) in [6.07, 6.45) is 8.16. The summed E-state index contributed by atoms with van der Waals surface area (Å²) in [5, 5.41) is 6.26. The first-order chi connectivity index (χ1) is 42.7. The van der Waals surface area contributed by atoms with Crippen LogP contribution in [0.5, 0.6) is 0 Å². The number of alkyl halides is 3. The topological polar surface area (TPSA) is 181 Å². The monoisotopic (exact) mass is 1300 g/mol. The lowest BCUT2D eigenvalue weighted by Crippen LogP contribution is -2.52. The molecule has 0 aromatic heterocycles. The molecular formula is C66H78ClF3N8O8S3. The minimum Gasteiger partial charge on any atom is -0.380 e. The number of nitrogens with one attached hydrogen (secondary N) is 3. The number of sulfone groups is 1. The molecule has 0 bridgehead atoms. The molecule has 4 saturated heterocycles. The van der Waals surface area contributed by atoms with Gasteiger partial charge in [-0.1, -0.05) is 66.6 Å². The van der Waals surface area contributed by atoms with E-state index in [4.69, 9.17) is 16.3 Å². The van der Waals surface area contributed by atoms with E-state index >= 15 is 0 Å². The van der Waals surface area contributed by atoms with Crippen molar-refractivity contribution in [1.29, 1.82) is 0 Å². The van der Waals surface area contributed by atoms with Crippen LogP contribution in [-0.4, -0.2) is 164 Å². The first-order valence-corrected chi connectivity index (χ1v) is 35.3. The van der Waals surface area contributed by atoms with Crippen molar-refractivity contribution in [3.63, 3.8) is 0 Å². The Morgan fingerprint density at radius 2 is 1.55 bits per heavy atom. The maximum absolute atomic E-state index is 14.4. The molecule has 11 rings (SSSR count). The second-order valence-corrected chi connectivity index (χ2v) is 30.0. The number of sulfonamides is 1. The molecule has 6 aliphatic rings. The van der Waals surface area contributed by atoms with Crippen molar-refractivity contribution in [2.75, 3.05) is 113 Å². The molecule has 16 nitrogen and oxygen atoms in total. The Labute approximate surface area is 529 Å². The van der Waals surface area contributed by atoms with Gasteiger partial charge >= 0.3 is 5.51 Å². The van der Waals surface area contributed by atoms with Gasteiger partial charge in [0.25, 0.3) is 25.8 Å². The normalized spacial score (nSPS) is 21.7. The van der Waals surface area contributed by atoms with Crippen LogP contribution in [0, 0.1) is 5.41 Å². The number of thioether (sulfide) groups is 1. The van der Waals surface area contributed by atoms with E-state index in [1.165, 1.54) is 51.7 Å². The number of ether oxygens (including phenoxy) is 1. The van der Waals surface area contributed by atoms with Crippen LogP contribution in [0.2, 0.25) is 5.02 Å². The molecule has 3 N–H and O–H groups in total. The van der Waals surface area contributed by atoms with Crippen LogP contribution in [0.15, 0.2) is 136 Å². The van der Waals surface area contributed by atoms with Gasteiger partial charge in [-0.25, -0.2) is 21.6 Å². The number of piperidine rings is 2. The van der Waals surface area contributed by atoms with Crippen molar-refractivity contribution in [2.45, 2.75) is 109 Å². The number of rotatable bonds is 20. The summed E-state index contributed by atoms with van der Waals surface area (Å²) in [7, 11) is -11.0. The van der Waals surface area contributed by atoms with Gasteiger partial charge in [0.15, 0.2) is 0 Å². The van der Waals surface area contributed by atoms with Crippen LogP contribution < -0.4 is 25.2 Å². The highest BCUT2D eigenvalue weighted by Gasteiger charge is 2.49. The predicted octanol–water partition coefficient (Wildman–Crippen LogP) is 10.3. The Balaban J connectivity index is 0.708. The van der Waals surface area contributed by atoms with Crippen molar-refractivity contribution >= 4 is 83.6 Å². The second kappa shape index (κ2) is 27.9. The highest BCUT2D eigenvalue weighted by atomic mass is 35.5. The van der Waals surface area contributed by atoms with Crippen LogP contribution in [0.25, 0.3) is 5.57 Å². The van der Waals surface area contributed by atoms with Crippen LogP contribution >= 0.6 is 23.4 Å². The largest absolute Gasteiger partial charge is 0.501 e. The van der Waals surface area contributed by atoms with Crippen molar-refractivity contribution in [1.82, 2.24) is 24.7 Å². The third-order valence-corrected chi connectivity index (χ3v) is 22.8. The van der Waals surface area contributed by atoms with Crippen LogP contribution in [0.4, 0.5) is 30.2 Å². The summed E-state index contributed by atoms with van der Waals surface area (Å²) < 4.78 is 105. The number of carbonyl (C=O) groups is 3. The Kier molecular flexibility index (Phi) is 20.2. The van der Waals surface area contributed by atoms with E-state index in [-0.39, 0.29) is 28.8 Å². The van der Waals surface area contributed by atoms with Gasteiger partial charge in [-0.05, 0) is 177 Å². The molecule has 476 valence electrons. The molecule has 5 aromatic carbocycles. The zero-order chi connectivity index (χ0) is 62.5. The Hall–Kier alpha value is -5.98. The molecule has 0 radical (unpaired) electrons. The number of hydrogen-bond acceptors (Lipinski definition) is 15. The highest BCUT2D eigenvalue weighted by Crippen LogP contribution is 2.46. The van der Waals surface area contributed by atoms with E-state index in [9.17, 15) is 44.4 Å². The first kappa shape index (κ1) is 64.5. The number of amides is 3. The van der Waals surface area contributed by atoms with Gasteiger partial charge in [-0.3, -0.25) is 24.6 Å². The fourth-order valence-corrected chi connectivity index (χ4v) is 16.8. The van der Waals surface area contributed by atoms with Crippen molar-refractivity contribution in [3.8, 4) is 0 Å². The smallest absolute Gasteiger partial charge is 0.380 e. The average molecular weight is 1300 g/mol. The number of hydrogen-bond donors (Lipinski definition) is 3. The molecule has 89 heavy (non-hydrogen) atoms. The number of halogens is 4. The number of nitrogens with zero attached hydrogens (tertiary/aromatic N) is 5. The van der Waals surface area contributed by atoms with Gasteiger partial charge in [0.1, 0.15) is 10.9 Å². The fourth-order valence-electron chi connectivity index (χ4n) is 13.7. The quantitative estimate of drug-likeness (QED) is 0.0494. The summed E-state index contributed by atoms with van der Waals surface area (Å²) in [6.45, 7) is 13.2. The number of allylic oxidation sites excluding steroid dienone is 1. The Morgan fingerprint density at radius 3 is 2.28 bits per heavy atom. The van der Waals surface area contributed by atoms with E-state index in [1.54, 1.807) is 12.1 Å². The summed E-state index contributed by atoms with van der Waals surface area (Å²) in [6, 6.07) is 32.5. The van der Waals surface area contributed by atoms with Gasteiger partial charge in [-0.15, -0.1) is 11.8 Å². The molecule has 5 heterocycles. The number of benzene rings is 5. The summed E-state index contributed by atoms with van der Waals surface area (Å²) in [5.41, 5.74) is 2.44. The lowest BCUT2D eigenvalue weighted by molar-refractivity contribution is -0.134. The molecule has 0 saturated carbocycles. The second-order valence-electron chi connectivity index (χ2n) is 24.8. The number of anilines is 3. The lowest BCUT2D eigenvalue weighted by Gasteiger charge is -2.44. The van der Waals surface area contributed by atoms with Crippen LogP contribution in [0.3, 0.4) is 0 Å². The molecular weight excluding hydrogens is 1220 g/mol. The van der Waals surface area contributed by atoms with Gasteiger partial charge in [0.2, 0.25) is 11.8 Å². The fraction of sp³-hybridized carbons (Fsp3) is 0.470. The zero-order valence-electron chi connectivity index (χ0n) is 50.1. The van der Waals surface area contributed by atoms with E-state index in [1.807, 2.05) is 47.2 Å². The Morgan fingerprint density at radius 1 is 0.798 bits per heavy atom. The third kappa shape index (κ3) is 15.7. The first-order valence-electron chi connectivity index (χ1n) is 30.9. The number of likely N-dealkylation sites (tertiary alicyclic amines) is 1. The van der Waals surface area contributed by atoms with Gasteiger partial charge in [0.05, 0.1) is 17.2 Å². The molecule has 23 heteroatoms. The molecule has 3 amide bonds. The molecule has 3 atom stereocenters. The van der Waals surface area contributed by atoms with Crippen molar-refractivity contribution < 1.29 is 49.1 Å². The predicted molar refractivity (Wildman–Crippen MR) is 343 cm³/mol. The summed E-state index contributed by atoms with van der Waals surface area (Å²) in [4.78, 5) is 48.9. The van der Waals surface area contributed by atoms with Crippen molar-refractivity contribution in [2.24, 2.45) is 5.41 Å². The minimum absolute atomic E-state index is 0.0161. The zero-order valence-corrected chi connectivity index (χ0v) is 53.3. The maximum Gasteiger partial charge on any atom is 0.501 e. The van der Waals surface area contributed by atoms with E-state index < -0.39 is 52.8 Å². The molecule has 0 spiro atoms. The van der Waals surface area contributed by atoms with E-state index in [2.05, 4.69) is 72.4 Å². The SMILES string of the molecule is C[C@@]1(CN2CCC(c3ccc4c(c3)N(C3CCC(=O)NC3=O)CC4)CC2)CCC(c2ccc(Cl)cc2)=C(CN2CCN(c3ccc(C(=O)NS(=O)(=O)c4ccc(N[C@H](CCN5CCCOCC5)CSc5ccccc5)c(S(=O)(=O)C(F)(F)F)c4)cc3)CC2)C1. The van der Waals surface area contributed by atoms with Gasteiger partial charge in [-0.2, -0.15) is 13.2 Å². The number of imide groups is 1. The van der Waals surface area contributed by atoms with E-state index in [0.717, 1.165) is 126 Å². The Bertz CT molecular complexity index is 3620. The lowest BCUT2D eigenvalue weighted by atomic mass is 9.70. The number of carbonyl (C=O) groups excluding carboxylic acids is 3. The van der Waals surface area contributed by atoms with Gasteiger partial charge in [0, 0.05) is 117 Å². The maximum atomic E-state index is 14.4. The average Bonchev–Trinajstić information content (AvgIpc) is 1.45. The summed E-state index contributed by atoms with van der Waals surface area (Å²) >= 11 is 7.84.